The van der Waals surface area contributed by atoms with Gasteiger partial charge in [0.1, 0.15) is 0 Å². The molecule has 0 spiro atoms. The SMILES string of the molecule is CN1C(=O)C(C)(C)c2cc(S(=O)(=O)NCc3ccccn3)ccc21. The van der Waals surface area contributed by atoms with Crippen molar-refractivity contribution < 1.29 is 13.2 Å². The minimum absolute atomic E-state index is 0.0477. The molecule has 0 atom stereocenters. The van der Waals surface area contributed by atoms with Crippen molar-refractivity contribution in [2.24, 2.45) is 0 Å². The number of benzene rings is 1. The summed E-state index contributed by atoms with van der Waals surface area (Å²) in [5.74, 6) is -0.0477. The summed E-state index contributed by atoms with van der Waals surface area (Å²) in [6, 6.07) is 10.1. The monoisotopic (exact) mass is 345 g/mol. The van der Waals surface area contributed by atoms with Gasteiger partial charge < -0.3 is 4.90 Å². The third-order valence-electron chi connectivity index (χ3n) is 4.32. The Hall–Kier alpha value is -2.25. The highest BCUT2D eigenvalue weighted by molar-refractivity contribution is 7.89. The second-order valence-electron chi connectivity index (χ2n) is 6.31. The minimum atomic E-state index is -3.69. The van der Waals surface area contributed by atoms with E-state index in [1.807, 2.05) is 0 Å². The molecule has 0 saturated carbocycles. The summed E-state index contributed by atoms with van der Waals surface area (Å²) >= 11 is 0. The number of carbonyl (C=O) groups excluding carboxylic acids is 1. The first-order valence-corrected chi connectivity index (χ1v) is 9.04. The summed E-state index contributed by atoms with van der Waals surface area (Å²) in [6.07, 6.45) is 1.61. The van der Waals surface area contributed by atoms with Gasteiger partial charge in [-0.05, 0) is 49.7 Å². The molecule has 1 N–H and O–H groups in total. The van der Waals surface area contributed by atoms with Gasteiger partial charge in [0.2, 0.25) is 15.9 Å². The van der Waals surface area contributed by atoms with Gasteiger partial charge in [-0.15, -0.1) is 0 Å². The van der Waals surface area contributed by atoms with Crippen molar-refractivity contribution in [3.05, 3.63) is 53.9 Å². The van der Waals surface area contributed by atoms with E-state index in [4.69, 9.17) is 0 Å². The van der Waals surface area contributed by atoms with E-state index in [0.29, 0.717) is 5.69 Å². The number of likely N-dealkylation sites (N-methyl/N-ethyl adjacent to an activating group) is 1. The molecule has 1 aromatic carbocycles. The molecule has 1 amide bonds. The van der Waals surface area contributed by atoms with Crippen LogP contribution < -0.4 is 9.62 Å². The van der Waals surface area contributed by atoms with Crippen LogP contribution in [0.4, 0.5) is 5.69 Å². The predicted molar refractivity (Wildman–Crippen MR) is 91.1 cm³/mol. The van der Waals surface area contributed by atoms with Crippen LogP contribution in [-0.4, -0.2) is 26.4 Å². The van der Waals surface area contributed by atoms with Crippen molar-refractivity contribution in [2.45, 2.75) is 30.7 Å². The quantitative estimate of drug-likeness (QED) is 0.917. The average molecular weight is 345 g/mol. The van der Waals surface area contributed by atoms with Crippen LogP contribution in [0.25, 0.3) is 0 Å². The fourth-order valence-corrected chi connectivity index (χ4v) is 3.90. The lowest BCUT2D eigenvalue weighted by Crippen LogP contribution is -2.33. The molecule has 1 aromatic heterocycles. The number of nitrogens with zero attached hydrogens (tertiary/aromatic N) is 2. The molecular formula is C17H19N3O3S. The van der Waals surface area contributed by atoms with Gasteiger partial charge in [0.25, 0.3) is 0 Å². The first kappa shape index (κ1) is 16.6. The number of fused-ring (bicyclic) bond motifs is 1. The highest BCUT2D eigenvalue weighted by Crippen LogP contribution is 2.41. The van der Waals surface area contributed by atoms with Gasteiger partial charge >= 0.3 is 0 Å². The molecule has 2 heterocycles. The first-order chi connectivity index (χ1) is 11.2. The Balaban J connectivity index is 1.91. The lowest BCUT2D eigenvalue weighted by Gasteiger charge is -2.16. The fourth-order valence-electron chi connectivity index (χ4n) is 2.87. The van der Waals surface area contributed by atoms with Crippen LogP contribution in [-0.2, 0) is 26.8 Å². The Morgan fingerprint density at radius 2 is 1.96 bits per heavy atom. The standard InChI is InChI=1S/C17H19N3O3S/c1-17(2)14-10-13(7-8-15(14)20(3)16(17)21)24(22,23)19-11-12-6-4-5-9-18-12/h4-10,19H,11H2,1-3H3. The Morgan fingerprint density at radius 3 is 2.62 bits per heavy atom. The van der Waals surface area contributed by atoms with Gasteiger partial charge in [-0.2, -0.15) is 0 Å². The number of nitrogens with one attached hydrogen (secondary N) is 1. The van der Waals surface area contributed by atoms with Crippen LogP contribution in [0.5, 0.6) is 0 Å². The number of hydrogen-bond donors (Lipinski definition) is 1. The molecule has 2 aromatic rings. The third-order valence-corrected chi connectivity index (χ3v) is 5.72. The van der Waals surface area contributed by atoms with E-state index in [1.54, 1.807) is 62.3 Å². The molecule has 0 fully saturated rings. The molecule has 126 valence electrons. The van der Waals surface area contributed by atoms with Gasteiger partial charge in [-0.25, -0.2) is 13.1 Å². The molecular weight excluding hydrogens is 326 g/mol. The van der Waals surface area contributed by atoms with E-state index in [-0.39, 0.29) is 17.3 Å². The number of amides is 1. The highest BCUT2D eigenvalue weighted by Gasteiger charge is 2.42. The molecule has 0 saturated heterocycles. The zero-order valence-corrected chi connectivity index (χ0v) is 14.6. The van der Waals surface area contributed by atoms with Gasteiger partial charge in [0, 0.05) is 18.9 Å². The van der Waals surface area contributed by atoms with Gasteiger partial charge in [-0.3, -0.25) is 9.78 Å². The van der Waals surface area contributed by atoms with E-state index < -0.39 is 15.4 Å². The molecule has 1 aliphatic heterocycles. The molecule has 0 unspecified atom stereocenters. The molecule has 0 aliphatic carbocycles. The minimum Gasteiger partial charge on any atom is -0.314 e. The van der Waals surface area contributed by atoms with Gasteiger partial charge in [-0.1, -0.05) is 6.07 Å². The lowest BCUT2D eigenvalue weighted by molar-refractivity contribution is -0.121. The van der Waals surface area contributed by atoms with Crippen LogP contribution in [0.3, 0.4) is 0 Å². The van der Waals surface area contributed by atoms with Crippen molar-refractivity contribution in [2.75, 3.05) is 11.9 Å². The van der Waals surface area contributed by atoms with Crippen LogP contribution in [0, 0.1) is 0 Å². The summed E-state index contributed by atoms with van der Waals surface area (Å²) in [7, 11) is -1.99. The molecule has 24 heavy (non-hydrogen) atoms. The molecule has 7 heteroatoms. The number of aromatic nitrogens is 1. The topological polar surface area (TPSA) is 79.4 Å². The maximum Gasteiger partial charge on any atom is 0.240 e. The molecule has 1 aliphatic rings. The maximum absolute atomic E-state index is 12.5. The van der Waals surface area contributed by atoms with E-state index in [1.165, 1.54) is 6.07 Å². The number of hydrogen-bond acceptors (Lipinski definition) is 4. The smallest absolute Gasteiger partial charge is 0.240 e. The molecule has 0 bridgehead atoms. The van der Waals surface area contributed by atoms with E-state index in [2.05, 4.69) is 9.71 Å². The van der Waals surface area contributed by atoms with Gasteiger partial charge in [0.05, 0.1) is 22.5 Å². The van der Waals surface area contributed by atoms with E-state index >= 15 is 0 Å². The van der Waals surface area contributed by atoms with Crippen molar-refractivity contribution in [1.82, 2.24) is 9.71 Å². The Labute approximate surface area is 141 Å². The van der Waals surface area contributed by atoms with E-state index in [9.17, 15) is 13.2 Å². The Kier molecular flexibility index (Phi) is 3.93. The average Bonchev–Trinajstić information content (AvgIpc) is 2.75. The number of sulfonamides is 1. The largest absolute Gasteiger partial charge is 0.314 e. The van der Waals surface area contributed by atoms with Crippen molar-refractivity contribution in [3.63, 3.8) is 0 Å². The van der Waals surface area contributed by atoms with Crippen molar-refractivity contribution in [1.29, 1.82) is 0 Å². The van der Waals surface area contributed by atoms with Crippen molar-refractivity contribution in [3.8, 4) is 0 Å². The summed E-state index contributed by atoms with van der Waals surface area (Å²) in [5.41, 5.74) is 1.36. The zero-order chi connectivity index (χ0) is 17.5. The lowest BCUT2D eigenvalue weighted by atomic mass is 9.86. The maximum atomic E-state index is 12.5. The summed E-state index contributed by atoms with van der Waals surface area (Å²) in [6.45, 7) is 3.72. The summed E-state index contributed by atoms with van der Waals surface area (Å²) < 4.78 is 27.6. The first-order valence-electron chi connectivity index (χ1n) is 7.56. The summed E-state index contributed by atoms with van der Waals surface area (Å²) in [4.78, 5) is 18.1. The number of carbonyl (C=O) groups is 1. The second-order valence-corrected chi connectivity index (χ2v) is 8.08. The van der Waals surface area contributed by atoms with Gasteiger partial charge in [0.15, 0.2) is 0 Å². The molecule has 0 radical (unpaired) electrons. The zero-order valence-electron chi connectivity index (χ0n) is 13.8. The molecule has 3 rings (SSSR count). The Bertz CT molecular complexity index is 893. The number of anilines is 1. The molecule has 6 nitrogen and oxygen atoms in total. The van der Waals surface area contributed by atoms with Crippen molar-refractivity contribution >= 4 is 21.6 Å². The van der Waals surface area contributed by atoms with E-state index in [0.717, 1.165) is 11.3 Å². The van der Waals surface area contributed by atoms with Crippen LogP contribution in [0.15, 0.2) is 47.5 Å². The number of pyridine rings is 1. The van der Waals surface area contributed by atoms with Crippen LogP contribution in [0.2, 0.25) is 0 Å². The third kappa shape index (κ3) is 2.70. The fraction of sp³-hybridized carbons (Fsp3) is 0.294. The number of rotatable bonds is 4. The van der Waals surface area contributed by atoms with Crippen LogP contribution >= 0.6 is 0 Å². The summed E-state index contributed by atoms with van der Waals surface area (Å²) in [5, 5.41) is 0. The highest BCUT2D eigenvalue weighted by atomic mass is 32.2. The van der Waals surface area contributed by atoms with Crippen LogP contribution in [0.1, 0.15) is 25.1 Å². The Morgan fingerprint density at radius 1 is 1.21 bits per heavy atom. The predicted octanol–water partition coefficient (Wildman–Crippen LogP) is 1.81. The normalized spacial score (nSPS) is 16.3. The second kappa shape index (κ2) is 5.68.